The maximum atomic E-state index is 3.47. The summed E-state index contributed by atoms with van der Waals surface area (Å²) in [5, 5.41) is 3.47. The molecule has 0 radical (unpaired) electrons. The second-order valence-corrected chi connectivity index (χ2v) is 4.85. The van der Waals surface area contributed by atoms with E-state index < -0.39 is 0 Å². The largest absolute Gasteiger partial charge is 0.371 e. The van der Waals surface area contributed by atoms with E-state index in [2.05, 4.69) is 35.3 Å². The van der Waals surface area contributed by atoms with E-state index in [1.807, 2.05) is 0 Å². The fourth-order valence-corrected chi connectivity index (χ4v) is 2.69. The van der Waals surface area contributed by atoms with Crippen molar-refractivity contribution < 1.29 is 0 Å². The predicted octanol–water partition coefficient (Wildman–Crippen LogP) is 1.79. The van der Waals surface area contributed by atoms with Gasteiger partial charge in [0.05, 0.1) is 0 Å². The standard InChI is InChI=1S/C13H18N2/c1-10-8-15(9-10)13-4-2-3-11-5-6-14-7-12(11)13/h2-4,10,14H,5-9H2,1H3. The Bertz CT molecular complexity index is 367. The third-order valence-electron chi connectivity index (χ3n) is 3.53. The maximum absolute atomic E-state index is 3.47. The van der Waals surface area contributed by atoms with Crippen molar-refractivity contribution in [3.8, 4) is 0 Å². The third-order valence-corrected chi connectivity index (χ3v) is 3.53. The van der Waals surface area contributed by atoms with Crippen molar-refractivity contribution in [3.05, 3.63) is 29.3 Å². The van der Waals surface area contributed by atoms with Crippen LogP contribution in [0.15, 0.2) is 18.2 Å². The van der Waals surface area contributed by atoms with Crippen LogP contribution in [-0.2, 0) is 13.0 Å². The number of nitrogens with zero attached hydrogens (tertiary/aromatic N) is 1. The number of fused-ring (bicyclic) bond motifs is 1. The molecule has 1 N–H and O–H groups in total. The Morgan fingerprint density at radius 1 is 1.33 bits per heavy atom. The van der Waals surface area contributed by atoms with E-state index in [-0.39, 0.29) is 0 Å². The summed E-state index contributed by atoms with van der Waals surface area (Å²) in [5.74, 6) is 0.873. The van der Waals surface area contributed by atoms with Crippen LogP contribution in [0.5, 0.6) is 0 Å². The van der Waals surface area contributed by atoms with Gasteiger partial charge in [0.1, 0.15) is 0 Å². The minimum absolute atomic E-state index is 0.873. The molecule has 2 aliphatic heterocycles. The summed E-state index contributed by atoms with van der Waals surface area (Å²) in [6, 6.07) is 6.77. The molecular formula is C13H18N2. The monoisotopic (exact) mass is 202 g/mol. The van der Waals surface area contributed by atoms with E-state index in [0.29, 0.717) is 0 Å². The van der Waals surface area contributed by atoms with Gasteiger partial charge in [-0.25, -0.2) is 0 Å². The highest BCUT2D eigenvalue weighted by Crippen LogP contribution is 2.31. The lowest BCUT2D eigenvalue weighted by Gasteiger charge is -2.41. The first-order valence-electron chi connectivity index (χ1n) is 5.91. The van der Waals surface area contributed by atoms with Gasteiger partial charge in [0.25, 0.3) is 0 Å². The molecule has 2 heterocycles. The van der Waals surface area contributed by atoms with Crippen molar-refractivity contribution in [3.63, 3.8) is 0 Å². The Morgan fingerprint density at radius 3 is 3.00 bits per heavy atom. The van der Waals surface area contributed by atoms with Gasteiger partial charge in [-0.1, -0.05) is 19.1 Å². The third kappa shape index (κ3) is 1.53. The molecule has 2 aliphatic rings. The van der Waals surface area contributed by atoms with E-state index in [9.17, 15) is 0 Å². The smallest absolute Gasteiger partial charge is 0.0414 e. The quantitative estimate of drug-likeness (QED) is 0.747. The summed E-state index contributed by atoms with van der Waals surface area (Å²) in [6.07, 6.45) is 1.19. The summed E-state index contributed by atoms with van der Waals surface area (Å²) in [4.78, 5) is 2.51. The Balaban J connectivity index is 1.93. The van der Waals surface area contributed by atoms with E-state index in [4.69, 9.17) is 0 Å². The first kappa shape index (κ1) is 9.22. The van der Waals surface area contributed by atoms with Crippen molar-refractivity contribution >= 4 is 5.69 Å². The molecule has 0 aliphatic carbocycles. The van der Waals surface area contributed by atoms with E-state index in [0.717, 1.165) is 19.0 Å². The molecule has 3 rings (SSSR count). The van der Waals surface area contributed by atoms with Crippen molar-refractivity contribution in [1.82, 2.24) is 5.32 Å². The molecule has 1 saturated heterocycles. The Hall–Kier alpha value is -1.02. The molecule has 15 heavy (non-hydrogen) atoms. The molecule has 1 aromatic carbocycles. The summed E-state index contributed by atoms with van der Waals surface area (Å²) in [7, 11) is 0. The van der Waals surface area contributed by atoms with Crippen molar-refractivity contribution in [1.29, 1.82) is 0 Å². The number of benzene rings is 1. The van der Waals surface area contributed by atoms with E-state index in [1.165, 1.54) is 30.8 Å². The van der Waals surface area contributed by atoms with Gasteiger partial charge in [0, 0.05) is 25.3 Å². The lowest BCUT2D eigenvalue weighted by molar-refractivity contribution is 0.445. The van der Waals surface area contributed by atoms with Gasteiger partial charge in [-0.15, -0.1) is 0 Å². The normalized spacial score (nSPS) is 21.0. The van der Waals surface area contributed by atoms with Crippen LogP contribution in [0, 0.1) is 5.92 Å². The highest BCUT2D eigenvalue weighted by molar-refractivity contribution is 5.59. The average molecular weight is 202 g/mol. The lowest BCUT2D eigenvalue weighted by atomic mass is 9.95. The molecule has 0 atom stereocenters. The summed E-state index contributed by atoms with van der Waals surface area (Å²) >= 11 is 0. The van der Waals surface area contributed by atoms with Gasteiger partial charge >= 0.3 is 0 Å². The Labute approximate surface area is 91.3 Å². The molecule has 1 fully saturated rings. The summed E-state index contributed by atoms with van der Waals surface area (Å²) in [6.45, 7) is 6.97. The number of rotatable bonds is 1. The molecule has 0 bridgehead atoms. The zero-order valence-corrected chi connectivity index (χ0v) is 9.29. The second kappa shape index (κ2) is 3.53. The van der Waals surface area contributed by atoms with Crippen LogP contribution in [-0.4, -0.2) is 19.6 Å². The highest BCUT2D eigenvalue weighted by atomic mass is 15.2. The SMILES string of the molecule is CC1CN(c2cccc3c2CNCC3)C1. The van der Waals surface area contributed by atoms with Crippen LogP contribution in [0.2, 0.25) is 0 Å². The minimum Gasteiger partial charge on any atom is -0.371 e. The second-order valence-electron chi connectivity index (χ2n) is 4.85. The topological polar surface area (TPSA) is 15.3 Å². The first-order valence-corrected chi connectivity index (χ1v) is 5.91. The number of hydrogen-bond acceptors (Lipinski definition) is 2. The Kier molecular flexibility index (Phi) is 2.17. The van der Waals surface area contributed by atoms with E-state index >= 15 is 0 Å². The molecular weight excluding hydrogens is 184 g/mol. The van der Waals surface area contributed by atoms with Crippen LogP contribution in [0.25, 0.3) is 0 Å². The fraction of sp³-hybridized carbons (Fsp3) is 0.538. The van der Waals surface area contributed by atoms with Gasteiger partial charge in [-0.2, -0.15) is 0 Å². The molecule has 0 aromatic heterocycles. The van der Waals surface area contributed by atoms with Crippen molar-refractivity contribution in [2.75, 3.05) is 24.5 Å². The van der Waals surface area contributed by atoms with Crippen molar-refractivity contribution in [2.24, 2.45) is 5.92 Å². The van der Waals surface area contributed by atoms with Gasteiger partial charge in [-0.3, -0.25) is 0 Å². The molecule has 0 amide bonds. The van der Waals surface area contributed by atoms with Crippen LogP contribution in [0.1, 0.15) is 18.1 Å². The number of nitrogens with one attached hydrogen (secondary N) is 1. The average Bonchev–Trinajstić information content (AvgIpc) is 2.24. The molecule has 0 unspecified atom stereocenters. The molecule has 0 saturated carbocycles. The first-order chi connectivity index (χ1) is 7.34. The van der Waals surface area contributed by atoms with Gasteiger partial charge < -0.3 is 10.2 Å². The molecule has 2 heteroatoms. The molecule has 0 spiro atoms. The van der Waals surface area contributed by atoms with Crippen LogP contribution < -0.4 is 10.2 Å². The van der Waals surface area contributed by atoms with Gasteiger partial charge in [-0.05, 0) is 36.1 Å². The molecule has 1 aromatic rings. The zero-order valence-electron chi connectivity index (χ0n) is 9.29. The van der Waals surface area contributed by atoms with Gasteiger partial charge in [0.2, 0.25) is 0 Å². The van der Waals surface area contributed by atoms with Crippen LogP contribution in [0.4, 0.5) is 5.69 Å². The summed E-state index contributed by atoms with van der Waals surface area (Å²) < 4.78 is 0. The minimum atomic E-state index is 0.873. The number of anilines is 1. The fourth-order valence-electron chi connectivity index (χ4n) is 2.69. The van der Waals surface area contributed by atoms with E-state index in [1.54, 1.807) is 5.56 Å². The highest BCUT2D eigenvalue weighted by Gasteiger charge is 2.25. The molecule has 80 valence electrons. The number of hydrogen-bond donors (Lipinski definition) is 1. The lowest BCUT2D eigenvalue weighted by Crippen LogP contribution is -2.46. The van der Waals surface area contributed by atoms with Crippen LogP contribution in [0.3, 0.4) is 0 Å². The Morgan fingerprint density at radius 2 is 2.20 bits per heavy atom. The zero-order chi connectivity index (χ0) is 10.3. The summed E-state index contributed by atoms with van der Waals surface area (Å²) in [5.41, 5.74) is 4.55. The maximum Gasteiger partial charge on any atom is 0.0414 e. The van der Waals surface area contributed by atoms with Crippen molar-refractivity contribution in [2.45, 2.75) is 19.9 Å². The molecule has 2 nitrogen and oxygen atoms in total. The van der Waals surface area contributed by atoms with Gasteiger partial charge in [0.15, 0.2) is 0 Å². The van der Waals surface area contributed by atoms with Crippen LogP contribution >= 0.6 is 0 Å². The predicted molar refractivity (Wildman–Crippen MR) is 63.2 cm³/mol.